The van der Waals surface area contributed by atoms with E-state index in [1.807, 2.05) is 20.8 Å². The second kappa shape index (κ2) is 4.16. The second-order valence-corrected chi connectivity index (χ2v) is 5.55. The number of benzene rings is 2. The highest BCUT2D eigenvalue weighted by molar-refractivity contribution is 6.09. The lowest BCUT2D eigenvalue weighted by atomic mass is 9.81. The van der Waals surface area contributed by atoms with Crippen LogP contribution < -0.4 is 0 Å². The summed E-state index contributed by atoms with van der Waals surface area (Å²) in [5.74, 6) is -2.19. The van der Waals surface area contributed by atoms with E-state index in [0.717, 1.165) is 0 Å². The number of carbonyl (C=O) groups is 1. The average molecular weight is 260 g/mol. The fourth-order valence-electron chi connectivity index (χ4n) is 2.39. The Morgan fingerprint density at radius 1 is 1.00 bits per heavy atom. The Morgan fingerprint density at radius 2 is 1.53 bits per heavy atom. The van der Waals surface area contributed by atoms with E-state index in [9.17, 15) is 20.1 Å². The number of hydrogen-bond donors (Lipinski definition) is 3. The first-order valence-corrected chi connectivity index (χ1v) is 5.95. The molecule has 19 heavy (non-hydrogen) atoms. The van der Waals surface area contributed by atoms with Gasteiger partial charge in [0, 0.05) is 10.9 Å². The molecule has 2 rings (SSSR count). The van der Waals surface area contributed by atoms with Crippen molar-refractivity contribution in [2.24, 2.45) is 0 Å². The van der Waals surface area contributed by atoms with E-state index < -0.39 is 17.1 Å². The molecule has 0 aromatic heterocycles. The van der Waals surface area contributed by atoms with Crippen LogP contribution in [0.5, 0.6) is 11.5 Å². The number of carboxylic acids is 1. The minimum Gasteiger partial charge on any atom is -0.504 e. The van der Waals surface area contributed by atoms with Crippen molar-refractivity contribution in [3.05, 3.63) is 35.4 Å². The van der Waals surface area contributed by atoms with Crippen molar-refractivity contribution in [2.45, 2.75) is 26.2 Å². The summed E-state index contributed by atoms with van der Waals surface area (Å²) in [5.41, 5.74) is -0.134. The summed E-state index contributed by atoms with van der Waals surface area (Å²) in [4.78, 5) is 11.3. The van der Waals surface area contributed by atoms with Gasteiger partial charge in [-0.2, -0.15) is 0 Å². The highest BCUT2D eigenvalue weighted by Crippen LogP contribution is 2.45. The van der Waals surface area contributed by atoms with Gasteiger partial charge >= 0.3 is 5.97 Å². The van der Waals surface area contributed by atoms with Crippen LogP contribution in [-0.4, -0.2) is 21.3 Å². The molecule has 0 unspecified atom stereocenters. The molecule has 0 aliphatic carbocycles. The molecule has 0 atom stereocenters. The SMILES string of the molecule is CC(C)(C)c1c(O)c(O)c(C(=O)O)c2ccccc12. The predicted octanol–water partition coefficient (Wildman–Crippen LogP) is 3.25. The van der Waals surface area contributed by atoms with Gasteiger partial charge in [-0.1, -0.05) is 45.0 Å². The van der Waals surface area contributed by atoms with Crippen molar-refractivity contribution >= 4 is 16.7 Å². The van der Waals surface area contributed by atoms with Crippen LogP contribution >= 0.6 is 0 Å². The molecular weight excluding hydrogens is 244 g/mol. The number of carboxylic acid groups (broad SMARTS) is 1. The van der Waals surface area contributed by atoms with E-state index >= 15 is 0 Å². The fraction of sp³-hybridized carbons (Fsp3) is 0.267. The summed E-state index contributed by atoms with van der Waals surface area (Å²) < 4.78 is 0. The Bertz CT molecular complexity index is 666. The van der Waals surface area contributed by atoms with E-state index in [0.29, 0.717) is 16.3 Å². The molecule has 0 radical (unpaired) electrons. The minimum absolute atomic E-state index is 0.263. The fourth-order valence-corrected chi connectivity index (χ4v) is 2.39. The van der Waals surface area contributed by atoms with Crippen molar-refractivity contribution in [2.75, 3.05) is 0 Å². The number of phenolic OH excluding ortho intramolecular Hbond substituents is 1. The molecule has 2 aromatic carbocycles. The maximum Gasteiger partial charge on any atom is 0.340 e. The summed E-state index contributed by atoms with van der Waals surface area (Å²) in [5, 5.41) is 30.4. The first-order valence-electron chi connectivity index (χ1n) is 5.95. The lowest BCUT2D eigenvalue weighted by Crippen LogP contribution is -2.13. The maximum atomic E-state index is 11.3. The van der Waals surface area contributed by atoms with E-state index in [-0.39, 0.29) is 11.3 Å². The monoisotopic (exact) mass is 260 g/mol. The molecule has 0 amide bonds. The summed E-state index contributed by atoms with van der Waals surface area (Å²) in [7, 11) is 0. The van der Waals surface area contributed by atoms with Gasteiger partial charge in [-0.3, -0.25) is 0 Å². The van der Waals surface area contributed by atoms with E-state index in [1.165, 1.54) is 0 Å². The molecule has 0 saturated heterocycles. The van der Waals surface area contributed by atoms with Gasteiger partial charge in [0.25, 0.3) is 0 Å². The normalized spacial score (nSPS) is 11.7. The van der Waals surface area contributed by atoms with Crippen LogP contribution in [0.1, 0.15) is 36.7 Å². The molecule has 4 nitrogen and oxygen atoms in total. The van der Waals surface area contributed by atoms with Gasteiger partial charge < -0.3 is 15.3 Å². The van der Waals surface area contributed by atoms with Crippen LogP contribution in [0, 0.1) is 0 Å². The zero-order valence-electron chi connectivity index (χ0n) is 11.1. The van der Waals surface area contributed by atoms with Crippen LogP contribution in [-0.2, 0) is 5.41 Å². The first-order chi connectivity index (χ1) is 8.75. The van der Waals surface area contributed by atoms with Crippen LogP contribution in [0.15, 0.2) is 24.3 Å². The third-order valence-corrected chi connectivity index (χ3v) is 3.13. The molecule has 0 aliphatic rings. The summed E-state index contributed by atoms with van der Waals surface area (Å²) in [6.45, 7) is 5.69. The molecule has 0 spiro atoms. The molecule has 0 fully saturated rings. The van der Waals surface area contributed by atoms with E-state index in [1.54, 1.807) is 24.3 Å². The molecule has 0 aliphatic heterocycles. The van der Waals surface area contributed by atoms with Crippen LogP contribution in [0.25, 0.3) is 10.8 Å². The van der Waals surface area contributed by atoms with Crippen molar-refractivity contribution in [3.8, 4) is 11.5 Å². The lowest BCUT2D eigenvalue weighted by molar-refractivity contribution is 0.0695. The molecule has 2 aromatic rings. The van der Waals surface area contributed by atoms with Gasteiger partial charge in [-0.15, -0.1) is 0 Å². The topological polar surface area (TPSA) is 77.8 Å². The molecule has 100 valence electrons. The van der Waals surface area contributed by atoms with E-state index in [2.05, 4.69) is 0 Å². The van der Waals surface area contributed by atoms with Gasteiger partial charge in [-0.05, 0) is 10.8 Å². The van der Waals surface area contributed by atoms with Crippen LogP contribution in [0.2, 0.25) is 0 Å². The van der Waals surface area contributed by atoms with Gasteiger partial charge in [0.15, 0.2) is 11.5 Å². The molecule has 3 N–H and O–H groups in total. The van der Waals surface area contributed by atoms with Gasteiger partial charge in [0.05, 0.1) is 0 Å². The largest absolute Gasteiger partial charge is 0.504 e. The number of aromatic hydroxyl groups is 2. The van der Waals surface area contributed by atoms with Gasteiger partial charge in [-0.25, -0.2) is 4.79 Å². The Labute approximate surface area is 110 Å². The Kier molecular flexibility index (Phi) is 2.89. The van der Waals surface area contributed by atoms with Crippen molar-refractivity contribution in [3.63, 3.8) is 0 Å². The smallest absolute Gasteiger partial charge is 0.340 e. The molecule has 0 saturated carbocycles. The van der Waals surface area contributed by atoms with Crippen molar-refractivity contribution in [1.29, 1.82) is 0 Å². The highest BCUT2D eigenvalue weighted by atomic mass is 16.4. The highest BCUT2D eigenvalue weighted by Gasteiger charge is 2.28. The van der Waals surface area contributed by atoms with Crippen LogP contribution in [0.3, 0.4) is 0 Å². The zero-order valence-corrected chi connectivity index (χ0v) is 11.1. The average Bonchev–Trinajstić information content (AvgIpc) is 2.28. The lowest BCUT2D eigenvalue weighted by Gasteiger charge is -2.24. The molecular formula is C15H16O4. The van der Waals surface area contributed by atoms with Gasteiger partial charge in [0.1, 0.15) is 5.56 Å². The minimum atomic E-state index is -1.26. The number of aromatic carboxylic acids is 1. The summed E-state index contributed by atoms with van der Waals surface area (Å²) in [6.07, 6.45) is 0. The molecule has 4 heteroatoms. The van der Waals surface area contributed by atoms with Crippen LogP contribution in [0.4, 0.5) is 0 Å². The maximum absolute atomic E-state index is 11.3. The Morgan fingerprint density at radius 3 is 2.00 bits per heavy atom. The number of fused-ring (bicyclic) bond motifs is 1. The second-order valence-electron chi connectivity index (χ2n) is 5.55. The van der Waals surface area contributed by atoms with Crippen molar-refractivity contribution in [1.82, 2.24) is 0 Å². The Balaban J connectivity index is 3.06. The first kappa shape index (κ1) is 13.2. The third-order valence-electron chi connectivity index (χ3n) is 3.13. The van der Waals surface area contributed by atoms with E-state index in [4.69, 9.17) is 0 Å². The molecule has 0 bridgehead atoms. The number of phenols is 2. The van der Waals surface area contributed by atoms with Crippen molar-refractivity contribution < 1.29 is 20.1 Å². The predicted molar refractivity (Wildman–Crippen MR) is 72.9 cm³/mol. The number of hydrogen-bond acceptors (Lipinski definition) is 3. The zero-order chi connectivity index (χ0) is 14.4. The standard InChI is InChI=1S/C15H16O4/c1-15(2,3)11-9-7-5-4-6-8(9)10(14(18)19)12(16)13(11)17/h4-7,16-17H,1-3H3,(H,18,19). The van der Waals surface area contributed by atoms with Gasteiger partial charge in [0.2, 0.25) is 0 Å². The third kappa shape index (κ3) is 1.99. The Hall–Kier alpha value is -2.23. The number of rotatable bonds is 1. The summed E-state index contributed by atoms with van der Waals surface area (Å²) in [6, 6.07) is 6.87. The molecule has 0 heterocycles. The quantitative estimate of drug-likeness (QED) is 0.688. The summed E-state index contributed by atoms with van der Waals surface area (Å²) >= 11 is 0.